The molecule has 0 bridgehead atoms. The highest BCUT2D eigenvalue weighted by atomic mass is 16.3. The lowest BCUT2D eigenvalue weighted by molar-refractivity contribution is 0.197. The number of aromatic nitrogens is 2. The molecule has 19 heavy (non-hydrogen) atoms. The summed E-state index contributed by atoms with van der Waals surface area (Å²) in [6.07, 6.45) is 5.63. The second-order valence-corrected chi connectivity index (χ2v) is 6.10. The van der Waals surface area contributed by atoms with Crippen LogP contribution in [0, 0.1) is 11.8 Å². The number of nitrogens with zero attached hydrogens (tertiary/aromatic N) is 2. The highest BCUT2D eigenvalue weighted by molar-refractivity contribution is 5.26. The van der Waals surface area contributed by atoms with Gasteiger partial charge in [-0.25, -0.2) is 0 Å². The first-order valence-electron chi connectivity index (χ1n) is 7.82. The summed E-state index contributed by atoms with van der Waals surface area (Å²) < 4.78 is 2.24. The molecule has 3 nitrogen and oxygen atoms in total. The second kappa shape index (κ2) is 6.08. The third-order valence-corrected chi connectivity index (χ3v) is 4.95. The van der Waals surface area contributed by atoms with E-state index in [1.807, 2.05) is 0 Å². The van der Waals surface area contributed by atoms with E-state index >= 15 is 0 Å². The molecule has 3 atom stereocenters. The van der Waals surface area contributed by atoms with Crippen LogP contribution in [0.2, 0.25) is 0 Å². The Kier molecular flexibility index (Phi) is 4.67. The molecule has 1 fully saturated rings. The Balaban J connectivity index is 2.31. The minimum Gasteiger partial charge on any atom is -0.392 e. The van der Waals surface area contributed by atoms with E-state index in [2.05, 4.69) is 32.4 Å². The van der Waals surface area contributed by atoms with E-state index in [1.54, 1.807) is 0 Å². The molecule has 3 heteroatoms. The van der Waals surface area contributed by atoms with Gasteiger partial charge in [-0.2, -0.15) is 5.10 Å². The lowest BCUT2D eigenvalue weighted by Gasteiger charge is -2.33. The van der Waals surface area contributed by atoms with Crippen LogP contribution in [-0.4, -0.2) is 14.9 Å². The number of hydrogen-bond acceptors (Lipinski definition) is 2. The van der Waals surface area contributed by atoms with Gasteiger partial charge in [-0.05, 0) is 43.9 Å². The monoisotopic (exact) mass is 264 g/mol. The number of hydrogen-bond donors (Lipinski definition) is 1. The molecule has 2 rings (SSSR count). The van der Waals surface area contributed by atoms with Crippen LogP contribution >= 0.6 is 0 Å². The molecule has 1 saturated carbocycles. The van der Waals surface area contributed by atoms with Crippen LogP contribution in [0.3, 0.4) is 0 Å². The van der Waals surface area contributed by atoms with Crippen molar-refractivity contribution in [3.8, 4) is 0 Å². The molecule has 0 radical (unpaired) electrons. The molecule has 1 aromatic rings. The minimum atomic E-state index is 0.130. The van der Waals surface area contributed by atoms with E-state index in [0.717, 1.165) is 35.9 Å². The molecule has 0 amide bonds. The van der Waals surface area contributed by atoms with Gasteiger partial charge in [0.25, 0.3) is 0 Å². The largest absolute Gasteiger partial charge is 0.392 e. The van der Waals surface area contributed by atoms with Gasteiger partial charge >= 0.3 is 0 Å². The first kappa shape index (κ1) is 14.6. The fraction of sp³-hybridized carbons (Fsp3) is 0.812. The lowest BCUT2D eigenvalue weighted by Crippen LogP contribution is -2.25. The van der Waals surface area contributed by atoms with Gasteiger partial charge in [0, 0.05) is 11.3 Å². The summed E-state index contributed by atoms with van der Waals surface area (Å²) in [4.78, 5) is 0. The summed E-state index contributed by atoms with van der Waals surface area (Å²) >= 11 is 0. The molecule has 1 aromatic heterocycles. The summed E-state index contributed by atoms with van der Waals surface area (Å²) in [5, 5.41) is 14.4. The Morgan fingerprint density at radius 3 is 2.42 bits per heavy atom. The van der Waals surface area contributed by atoms with Crippen LogP contribution in [0.4, 0.5) is 0 Å². The van der Waals surface area contributed by atoms with E-state index in [0.29, 0.717) is 6.04 Å². The van der Waals surface area contributed by atoms with E-state index < -0.39 is 0 Å². The van der Waals surface area contributed by atoms with Crippen LogP contribution in [-0.2, 0) is 19.4 Å². The Bertz CT molecular complexity index is 425. The third-order valence-electron chi connectivity index (χ3n) is 4.95. The Hall–Kier alpha value is -0.830. The van der Waals surface area contributed by atoms with Gasteiger partial charge < -0.3 is 5.11 Å². The summed E-state index contributed by atoms with van der Waals surface area (Å²) in [5.74, 6) is 1.61. The van der Waals surface area contributed by atoms with Crippen molar-refractivity contribution < 1.29 is 5.11 Å². The Morgan fingerprint density at radius 2 is 1.89 bits per heavy atom. The Morgan fingerprint density at radius 1 is 1.16 bits per heavy atom. The van der Waals surface area contributed by atoms with Crippen molar-refractivity contribution in [2.45, 2.75) is 72.4 Å². The molecule has 108 valence electrons. The molecule has 0 saturated heterocycles. The molecule has 1 heterocycles. The van der Waals surface area contributed by atoms with E-state index in [4.69, 9.17) is 5.10 Å². The molecule has 0 spiro atoms. The van der Waals surface area contributed by atoms with Crippen LogP contribution in [0.5, 0.6) is 0 Å². The Labute approximate surface area is 117 Å². The van der Waals surface area contributed by atoms with Crippen LogP contribution in [0.1, 0.15) is 70.0 Å². The normalized spacial score (nSPS) is 27.7. The maximum atomic E-state index is 9.61. The number of aliphatic hydroxyl groups is 1. The molecule has 1 aliphatic rings. The topological polar surface area (TPSA) is 38.0 Å². The summed E-state index contributed by atoms with van der Waals surface area (Å²) in [5.41, 5.74) is 3.42. The van der Waals surface area contributed by atoms with E-state index in [1.165, 1.54) is 25.0 Å². The van der Waals surface area contributed by atoms with Crippen molar-refractivity contribution in [1.82, 2.24) is 9.78 Å². The third kappa shape index (κ3) is 2.71. The quantitative estimate of drug-likeness (QED) is 0.904. The first-order valence-corrected chi connectivity index (χ1v) is 7.82. The summed E-state index contributed by atoms with van der Waals surface area (Å²) in [6, 6.07) is 0.534. The van der Waals surface area contributed by atoms with E-state index in [-0.39, 0.29) is 6.61 Å². The SMILES string of the molecule is CCc1nn(C2CCC(C)C(C)C2)c(CC)c1CO. The second-order valence-electron chi connectivity index (χ2n) is 6.10. The van der Waals surface area contributed by atoms with Crippen molar-refractivity contribution in [2.75, 3.05) is 0 Å². The molecule has 0 aromatic carbocycles. The van der Waals surface area contributed by atoms with Crippen LogP contribution < -0.4 is 0 Å². The van der Waals surface area contributed by atoms with Crippen LogP contribution in [0.15, 0.2) is 0 Å². The van der Waals surface area contributed by atoms with Gasteiger partial charge in [-0.15, -0.1) is 0 Å². The maximum absolute atomic E-state index is 9.61. The molecular formula is C16H28N2O. The van der Waals surface area contributed by atoms with Crippen LogP contribution in [0.25, 0.3) is 0 Å². The van der Waals surface area contributed by atoms with Crippen molar-refractivity contribution in [2.24, 2.45) is 11.8 Å². The predicted molar refractivity (Wildman–Crippen MR) is 78.1 cm³/mol. The molecule has 0 aliphatic heterocycles. The van der Waals surface area contributed by atoms with Crippen molar-refractivity contribution in [3.05, 3.63) is 17.0 Å². The number of aliphatic hydroxyl groups excluding tert-OH is 1. The van der Waals surface area contributed by atoms with Crippen molar-refractivity contribution in [3.63, 3.8) is 0 Å². The van der Waals surface area contributed by atoms with Crippen molar-refractivity contribution in [1.29, 1.82) is 0 Å². The summed E-state index contributed by atoms with van der Waals surface area (Å²) in [6.45, 7) is 9.14. The van der Waals surface area contributed by atoms with E-state index in [9.17, 15) is 5.11 Å². The average molecular weight is 264 g/mol. The smallest absolute Gasteiger partial charge is 0.0718 e. The van der Waals surface area contributed by atoms with Crippen molar-refractivity contribution >= 4 is 0 Å². The lowest BCUT2D eigenvalue weighted by atomic mass is 9.79. The highest BCUT2D eigenvalue weighted by Crippen LogP contribution is 2.37. The minimum absolute atomic E-state index is 0.130. The van der Waals surface area contributed by atoms with Gasteiger partial charge in [-0.3, -0.25) is 4.68 Å². The van der Waals surface area contributed by atoms with Gasteiger partial charge in [0.05, 0.1) is 18.3 Å². The molecule has 3 unspecified atom stereocenters. The van der Waals surface area contributed by atoms with Gasteiger partial charge in [-0.1, -0.05) is 27.7 Å². The fourth-order valence-electron chi connectivity index (χ4n) is 3.44. The zero-order chi connectivity index (χ0) is 14.0. The highest BCUT2D eigenvalue weighted by Gasteiger charge is 2.28. The number of aryl methyl sites for hydroxylation is 1. The zero-order valence-corrected chi connectivity index (χ0v) is 12.8. The van der Waals surface area contributed by atoms with Gasteiger partial charge in [0.1, 0.15) is 0 Å². The zero-order valence-electron chi connectivity index (χ0n) is 12.8. The summed E-state index contributed by atoms with van der Waals surface area (Å²) in [7, 11) is 0. The molecular weight excluding hydrogens is 236 g/mol. The van der Waals surface area contributed by atoms with Gasteiger partial charge in [0.2, 0.25) is 0 Å². The molecule has 1 aliphatic carbocycles. The standard InChI is InChI=1S/C16H28N2O/c1-5-15-14(10-19)16(6-2)18(17-15)13-8-7-11(3)12(4)9-13/h11-13,19H,5-10H2,1-4H3. The predicted octanol–water partition coefficient (Wildman–Crippen LogP) is 3.50. The molecule has 1 N–H and O–H groups in total. The average Bonchev–Trinajstić information content (AvgIpc) is 2.79. The maximum Gasteiger partial charge on any atom is 0.0718 e. The first-order chi connectivity index (χ1) is 9.12. The number of rotatable bonds is 4. The fourth-order valence-corrected chi connectivity index (χ4v) is 3.44. The van der Waals surface area contributed by atoms with Gasteiger partial charge in [0.15, 0.2) is 0 Å².